The number of halogens is 1. The second-order valence-electron chi connectivity index (χ2n) is 3.86. The number of hydrogen-bond donors (Lipinski definition) is 1. The predicted octanol–water partition coefficient (Wildman–Crippen LogP) is 2.35. The molecule has 2 rings (SSSR count). The lowest BCUT2D eigenvalue weighted by Gasteiger charge is -2.06. The maximum Gasteiger partial charge on any atom is 0.224 e. The van der Waals surface area contributed by atoms with E-state index < -0.39 is 0 Å². The van der Waals surface area contributed by atoms with Gasteiger partial charge in [-0.15, -0.1) is 0 Å². The topological polar surface area (TPSA) is 29.1 Å². The normalized spacial score (nSPS) is 21.0. The van der Waals surface area contributed by atoms with Gasteiger partial charge < -0.3 is 5.32 Å². The number of rotatable bonds is 0. The second kappa shape index (κ2) is 3.40. The molecule has 1 aliphatic rings. The monoisotopic (exact) mass is 193 g/mol. The van der Waals surface area contributed by atoms with Gasteiger partial charge in [0.2, 0.25) is 5.91 Å². The first kappa shape index (κ1) is 9.19. The third-order valence-electron chi connectivity index (χ3n) is 2.44. The Labute approximate surface area is 82.1 Å². The zero-order valence-corrected chi connectivity index (χ0v) is 8.01. The zero-order valence-electron chi connectivity index (χ0n) is 8.01. The molecule has 1 aromatic carbocycles. The summed E-state index contributed by atoms with van der Waals surface area (Å²) in [5, 5.41) is 2.77. The molecule has 0 saturated heterocycles. The van der Waals surface area contributed by atoms with Gasteiger partial charge in [-0.05, 0) is 36.1 Å². The van der Waals surface area contributed by atoms with E-state index in [2.05, 4.69) is 5.32 Å². The molecule has 1 aliphatic heterocycles. The zero-order chi connectivity index (χ0) is 10.1. The average Bonchev–Trinajstić information content (AvgIpc) is 2.21. The predicted molar refractivity (Wildman–Crippen MR) is 52.5 cm³/mol. The van der Waals surface area contributed by atoms with Gasteiger partial charge in [0.25, 0.3) is 0 Å². The summed E-state index contributed by atoms with van der Waals surface area (Å²) < 4.78 is 12.9. The number of anilines is 1. The van der Waals surface area contributed by atoms with Crippen LogP contribution in [0.15, 0.2) is 18.2 Å². The van der Waals surface area contributed by atoms with E-state index in [0.717, 1.165) is 17.7 Å². The van der Waals surface area contributed by atoms with E-state index in [0.29, 0.717) is 6.42 Å². The number of nitrogens with one attached hydrogen (secondary N) is 1. The van der Waals surface area contributed by atoms with Crippen LogP contribution in [0, 0.1) is 11.7 Å². The highest BCUT2D eigenvalue weighted by atomic mass is 19.1. The minimum absolute atomic E-state index is 0.0165. The van der Waals surface area contributed by atoms with Crippen molar-refractivity contribution in [2.75, 3.05) is 5.32 Å². The summed E-state index contributed by atoms with van der Waals surface area (Å²) in [6, 6.07) is 4.49. The van der Waals surface area contributed by atoms with E-state index in [4.69, 9.17) is 0 Å². The minimum atomic E-state index is -0.243. The van der Waals surface area contributed by atoms with Crippen molar-refractivity contribution in [3.63, 3.8) is 0 Å². The first-order valence-electron chi connectivity index (χ1n) is 4.73. The van der Waals surface area contributed by atoms with Crippen molar-refractivity contribution in [2.45, 2.75) is 19.8 Å². The van der Waals surface area contributed by atoms with Crippen LogP contribution in [0.1, 0.15) is 18.9 Å². The average molecular weight is 193 g/mol. The minimum Gasteiger partial charge on any atom is -0.326 e. The van der Waals surface area contributed by atoms with Gasteiger partial charge in [0.1, 0.15) is 5.82 Å². The summed E-state index contributed by atoms with van der Waals surface area (Å²) in [4.78, 5) is 11.3. The van der Waals surface area contributed by atoms with Gasteiger partial charge in [-0.3, -0.25) is 4.79 Å². The van der Waals surface area contributed by atoms with Gasteiger partial charge in [0.15, 0.2) is 0 Å². The number of benzene rings is 1. The van der Waals surface area contributed by atoms with Gasteiger partial charge in [0, 0.05) is 12.1 Å². The van der Waals surface area contributed by atoms with Crippen LogP contribution in [-0.2, 0) is 11.2 Å². The molecule has 14 heavy (non-hydrogen) atoms. The molecule has 1 heterocycles. The van der Waals surface area contributed by atoms with E-state index >= 15 is 0 Å². The van der Waals surface area contributed by atoms with Crippen LogP contribution in [0.25, 0.3) is 0 Å². The van der Waals surface area contributed by atoms with Crippen LogP contribution in [0.4, 0.5) is 10.1 Å². The van der Waals surface area contributed by atoms with E-state index in [-0.39, 0.29) is 17.6 Å². The number of carbonyl (C=O) groups excluding carboxylic acids is 1. The Bertz CT molecular complexity index is 376. The lowest BCUT2D eigenvalue weighted by atomic mass is 9.99. The number of fused-ring (bicyclic) bond motifs is 1. The Hall–Kier alpha value is -1.38. The lowest BCUT2D eigenvalue weighted by molar-refractivity contribution is -0.116. The van der Waals surface area contributed by atoms with E-state index in [1.54, 1.807) is 6.07 Å². The summed E-state index contributed by atoms with van der Waals surface area (Å²) >= 11 is 0. The van der Waals surface area contributed by atoms with Crippen molar-refractivity contribution in [2.24, 2.45) is 5.92 Å². The molecule has 74 valence electrons. The summed E-state index contributed by atoms with van der Waals surface area (Å²) in [5.74, 6) is 0.0491. The van der Waals surface area contributed by atoms with Crippen molar-refractivity contribution in [1.29, 1.82) is 0 Å². The fourth-order valence-corrected chi connectivity index (χ4v) is 1.82. The smallest absolute Gasteiger partial charge is 0.224 e. The Morgan fingerprint density at radius 1 is 1.43 bits per heavy atom. The lowest BCUT2D eigenvalue weighted by Crippen LogP contribution is -2.11. The van der Waals surface area contributed by atoms with Crippen molar-refractivity contribution >= 4 is 11.6 Å². The van der Waals surface area contributed by atoms with Crippen LogP contribution >= 0.6 is 0 Å². The highest BCUT2D eigenvalue weighted by Gasteiger charge is 2.18. The van der Waals surface area contributed by atoms with Crippen molar-refractivity contribution in [3.05, 3.63) is 29.6 Å². The van der Waals surface area contributed by atoms with Gasteiger partial charge in [0.05, 0.1) is 0 Å². The van der Waals surface area contributed by atoms with Crippen molar-refractivity contribution < 1.29 is 9.18 Å². The van der Waals surface area contributed by atoms with Crippen molar-refractivity contribution in [1.82, 2.24) is 0 Å². The van der Waals surface area contributed by atoms with Crippen LogP contribution in [0.3, 0.4) is 0 Å². The van der Waals surface area contributed by atoms with Crippen LogP contribution in [-0.4, -0.2) is 5.91 Å². The maximum absolute atomic E-state index is 12.9. The molecular weight excluding hydrogens is 181 g/mol. The first-order chi connectivity index (χ1) is 6.65. The van der Waals surface area contributed by atoms with Gasteiger partial charge in [-0.2, -0.15) is 0 Å². The molecule has 0 saturated carbocycles. The molecule has 0 aromatic heterocycles. The van der Waals surface area contributed by atoms with E-state index in [1.807, 2.05) is 6.92 Å². The first-order valence-corrected chi connectivity index (χ1v) is 4.73. The van der Waals surface area contributed by atoms with E-state index in [9.17, 15) is 9.18 Å². The Morgan fingerprint density at radius 3 is 3.00 bits per heavy atom. The SMILES string of the molecule is CC1CC(=O)Nc2ccc(F)cc2C1. The second-order valence-corrected chi connectivity index (χ2v) is 3.86. The van der Waals surface area contributed by atoms with Crippen molar-refractivity contribution in [3.8, 4) is 0 Å². The Balaban J connectivity index is 2.41. The summed E-state index contributed by atoms with van der Waals surface area (Å²) in [7, 11) is 0. The molecule has 1 amide bonds. The Kier molecular flexibility index (Phi) is 2.23. The fraction of sp³-hybridized carbons (Fsp3) is 0.364. The fourth-order valence-electron chi connectivity index (χ4n) is 1.82. The Morgan fingerprint density at radius 2 is 2.21 bits per heavy atom. The van der Waals surface area contributed by atoms with Crippen LogP contribution < -0.4 is 5.32 Å². The molecule has 1 atom stereocenters. The van der Waals surface area contributed by atoms with Crippen LogP contribution in [0.2, 0.25) is 0 Å². The molecule has 0 radical (unpaired) electrons. The number of carbonyl (C=O) groups is 1. The molecule has 0 fully saturated rings. The van der Waals surface area contributed by atoms with Gasteiger partial charge >= 0.3 is 0 Å². The standard InChI is InChI=1S/C11H12FNO/c1-7-4-8-6-9(12)2-3-10(8)13-11(14)5-7/h2-3,6-7H,4-5H2,1H3,(H,13,14). The maximum atomic E-state index is 12.9. The third kappa shape index (κ3) is 1.76. The molecule has 1 unspecified atom stereocenters. The summed E-state index contributed by atoms with van der Waals surface area (Å²) in [6.07, 6.45) is 1.27. The number of amides is 1. The third-order valence-corrected chi connectivity index (χ3v) is 2.44. The molecule has 1 aromatic rings. The summed E-state index contributed by atoms with van der Waals surface area (Å²) in [6.45, 7) is 2.00. The molecule has 3 heteroatoms. The summed E-state index contributed by atoms with van der Waals surface area (Å²) in [5.41, 5.74) is 1.64. The molecule has 0 aliphatic carbocycles. The molecule has 1 N–H and O–H groups in total. The molecular formula is C11H12FNO. The highest BCUT2D eigenvalue weighted by molar-refractivity contribution is 5.92. The molecule has 0 spiro atoms. The van der Waals surface area contributed by atoms with Gasteiger partial charge in [-0.25, -0.2) is 4.39 Å². The van der Waals surface area contributed by atoms with E-state index in [1.165, 1.54) is 12.1 Å². The molecule has 0 bridgehead atoms. The quantitative estimate of drug-likeness (QED) is 0.673. The number of hydrogen-bond acceptors (Lipinski definition) is 1. The van der Waals surface area contributed by atoms with Crippen LogP contribution in [0.5, 0.6) is 0 Å². The van der Waals surface area contributed by atoms with Gasteiger partial charge in [-0.1, -0.05) is 6.92 Å². The highest BCUT2D eigenvalue weighted by Crippen LogP contribution is 2.25. The molecule has 2 nitrogen and oxygen atoms in total. The largest absolute Gasteiger partial charge is 0.326 e.